The molecule has 126 valence electrons. The van der Waals surface area contributed by atoms with Gasteiger partial charge in [-0.25, -0.2) is 0 Å². The normalized spacial score (nSPS) is 14.5. The van der Waals surface area contributed by atoms with Gasteiger partial charge >= 0.3 is 0 Å². The van der Waals surface area contributed by atoms with Gasteiger partial charge in [0.05, 0.1) is 20.6 Å². The second kappa shape index (κ2) is 8.41. The lowest BCUT2D eigenvalue weighted by molar-refractivity contribution is -0.133. The third kappa shape index (κ3) is 4.87. The fourth-order valence-corrected chi connectivity index (χ4v) is 2.67. The maximum absolute atomic E-state index is 12.0. The summed E-state index contributed by atoms with van der Waals surface area (Å²) in [5.41, 5.74) is 0.856. The van der Waals surface area contributed by atoms with Gasteiger partial charge in [0.2, 0.25) is 11.8 Å². The first-order valence-electron chi connectivity index (χ1n) is 7.89. The van der Waals surface area contributed by atoms with Crippen molar-refractivity contribution in [2.45, 2.75) is 25.7 Å². The number of piperidine rings is 1. The van der Waals surface area contributed by atoms with Crippen molar-refractivity contribution in [2.24, 2.45) is 0 Å². The maximum Gasteiger partial charge on any atom is 0.224 e. The Bertz CT molecular complexity index is 560. The Morgan fingerprint density at radius 3 is 2.70 bits per heavy atom. The number of carbonyl (C=O) groups is 2. The van der Waals surface area contributed by atoms with Crippen molar-refractivity contribution in [2.75, 3.05) is 33.9 Å². The first-order chi connectivity index (χ1) is 11.1. The van der Waals surface area contributed by atoms with Gasteiger partial charge in [-0.1, -0.05) is 6.07 Å². The zero-order chi connectivity index (χ0) is 16.7. The van der Waals surface area contributed by atoms with E-state index in [9.17, 15) is 9.59 Å². The SMILES string of the molecule is COc1ccc(CC(=O)NCCN2CCCCC2=O)cc1OC. The van der Waals surface area contributed by atoms with E-state index >= 15 is 0 Å². The average molecular weight is 320 g/mol. The molecule has 23 heavy (non-hydrogen) atoms. The number of methoxy groups -OCH3 is 2. The topological polar surface area (TPSA) is 67.9 Å². The van der Waals surface area contributed by atoms with Crippen molar-refractivity contribution < 1.29 is 19.1 Å². The molecule has 0 spiro atoms. The van der Waals surface area contributed by atoms with Gasteiger partial charge in [0.25, 0.3) is 0 Å². The smallest absolute Gasteiger partial charge is 0.224 e. The predicted molar refractivity (Wildman–Crippen MR) is 86.7 cm³/mol. The summed E-state index contributed by atoms with van der Waals surface area (Å²) in [6.45, 7) is 1.86. The van der Waals surface area contributed by atoms with Crippen molar-refractivity contribution in [3.8, 4) is 11.5 Å². The van der Waals surface area contributed by atoms with Crippen molar-refractivity contribution in [1.29, 1.82) is 0 Å². The number of ether oxygens (including phenoxy) is 2. The molecule has 0 radical (unpaired) electrons. The van der Waals surface area contributed by atoms with Crippen molar-refractivity contribution in [3.63, 3.8) is 0 Å². The van der Waals surface area contributed by atoms with Crippen LogP contribution in [0, 0.1) is 0 Å². The lowest BCUT2D eigenvalue weighted by Crippen LogP contribution is -2.41. The minimum Gasteiger partial charge on any atom is -0.493 e. The molecule has 1 aliphatic rings. The molecule has 1 N–H and O–H groups in total. The van der Waals surface area contributed by atoms with Crippen LogP contribution in [-0.4, -0.2) is 50.6 Å². The average Bonchev–Trinajstić information content (AvgIpc) is 2.56. The fourth-order valence-electron chi connectivity index (χ4n) is 2.67. The molecule has 6 nitrogen and oxygen atoms in total. The van der Waals surface area contributed by atoms with E-state index in [1.807, 2.05) is 11.0 Å². The van der Waals surface area contributed by atoms with Gasteiger partial charge in [-0.15, -0.1) is 0 Å². The summed E-state index contributed by atoms with van der Waals surface area (Å²) in [5, 5.41) is 2.86. The molecule has 0 bridgehead atoms. The molecule has 0 aromatic heterocycles. The first-order valence-corrected chi connectivity index (χ1v) is 7.89. The van der Waals surface area contributed by atoms with Crippen LogP contribution in [-0.2, 0) is 16.0 Å². The van der Waals surface area contributed by atoms with E-state index in [-0.39, 0.29) is 18.2 Å². The quantitative estimate of drug-likeness (QED) is 0.824. The van der Waals surface area contributed by atoms with E-state index < -0.39 is 0 Å². The third-order valence-corrected chi connectivity index (χ3v) is 3.94. The summed E-state index contributed by atoms with van der Waals surface area (Å²) in [7, 11) is 3.14. The van der Waals surface area contributed by atoms with E-state index in [1.165, 1.54) is 0 Å². The number of likely N-dealkylation sites (tertiary alicyclic amines) is 1. The zero-order valence-corrected chi connectivity index (χ0v) is 13.8. The van der Waals surface area contributed by atoms with E-state index in [0.29, 0.717) is 31.0 Å². The summed E-state index contributed by atoms with van der Waals surface area (Å²) in [5.74, 6) is 1.36. The molecule has 0 aliphatic carbocycles. The van der Waals surface area contributed by atoms with Gasteiger partial charge in [0, 0.05) is 26.1 Å². The first kappa shape index (κ1) is 17.1. The van der Waals surface area contributed by atoms with Crippen molar-refractivity contribution in [3.05, 3.63) is 23.8 Å². The Morgan fingerprint density at radius 2 is 2.00 bits per heavy atom. The molecule has 6 heteroatoms. The standard InChI is InChI=1S/C17H24N2O4/c1-22-14-7-6-13(11-15(14)23-2)12-16(20)18-8-10-19-9-4-3-5-17(19)21/h6-7,11H,3-5,8-10,12H2,1-2H3,(H,18,20). The van der Waals surface area contributed by atoms with E-state index in [2.05, 4.69) is 5.32 Å². The van der Waals surface area contributed by atoms with Crippen LogP contribution in [0.25, 0.3) is 0 Å². The van der Waals surface area contributed by atoms with Crippen LogP contribution in [0.2, 0.25) is 0 Å². The number of hydrogen-bond donors (Lipinski definition) is 1. The Kier molecular flexibility index (Phi) is 6.26. The number of amides is 2. The second-order valence-corrected chi connectivity index (χ2v) is 5.55. The number of hydrogen-bond acceptors (Lipinski definition) is 4. The molecule has 0 atom stereocenters. The largest absolute Gasteiger partial charge is 0.493 e. The Balaban J connectivity index is 1.79. The predicted octanol–water partition coefficient (Wildman–Crippen LogP) is 1.37. The molecule has 2 amide bonds. The van der Waals surface area contributed by atoms with Crippen LogP contribution in [0.3, 0.4) is 0 Å². The maximum atomic E-state index is 12.0. The Labute approximate surface area is 136 Å². The van der Waals surface area contributed by atoms with Gasteiger partial charge in [-0.2, -0.15) is 0 Å². The molecule has 1 heterocycles. The minimum absolute atomic E-state index is 0.0679. The van der Waals surface area contributed by atoms with Crippen LogP contribution in [0.5, 0.6) is 11.5 Å². The molecule has 0 saturated carbocycles. The summed E-state index contributed by atoms with van der Waals surface area (Å²) in [4.78, 5) is 25.5. The molecular weight excluding hydrogens is 296 g/mol. The van der Waals surface area contributed by atoms with Crippen LogP contribution in [0.1, 0.15) is 24.8 Å². The van der Waals surface area contributed by atoms with Crippen LogP contribution in [0.15, 0.2) is 18.2 Å². The second-order valence-electron chi connectivity index (χ2n) is 5.55. The molecule has 0 unspecified atom stereocenters. The monoisotopic (exact) mass is 320 g/mol. The summed E-state index contributed by atoms with van der Waals surface area (Å²) in [6, 6.07) is 5.43. The lowest BCUT2D eigenvalue weighted by Gasteiger charge is -2.26. The van der Waals surface area contributed by atoms with Gasteiger partial charge in [0.1, 0.15) is 0 Å². The third-order valence-electron chi connectivity index (χ3n) is 3.94. The van der Waals surface area contributed by atoms with Gasteiger partial charge in [-0.3, -0.25) is 9.59 Å². The highest BCUT2D eigenvalue weighted by Crippen LogP contribution is 2.27. The highest BCUT2D eigenvalue weighted by Gasteiger charge is 2.17. The number of carbonyl (C=O) groups excluding carboxylic acids is 2. The lowest BCUT2D eigenvalue weighted by atomic mass is 10.1. The molecule has 1 aromatic carbocycles. The molecular formula is C17H24N2O4. The van der Waals surface area contributed by atoms with E-state index in [0.717, 1.165) is 24.9 Å². The van der Waals surface area contributed by atoms with E-state index in [1.54, 1.807) is 26.4 Å². The van der Waals surface area contributed by atoms with Gasteiger partial charge in [-0.05, 0) is 30.5 Å². The molecule has 1 aromatic rings. The zero-order valence-electron chi connectivity index (χ0n) is 13.8. The number of benzene rings is 1. The Hall–Kier alpha value is -2.24. The highest BCUT2D eigenvalue weighted by atomic mass is 16.5. The fraction of sp³-hybridized carbons (Fsp3) is 0.529. The van der Waals surface area contributed by atoms with Crippen LogP contribution in [0.4, 0.5) is 0 Å². The number of nitrogens with one attached hydrogen (secondary N) is 1. The molecule has 1 saturated heterocycles. The molecule has 1 fully saturated rings. The summed E-state index contributed by atoms with van der Waals surface area (Å²) >= 11 is 0. The summed E-state index contributed by atoms with van der Waals surface area (Å²) in [6.07, 6.45) is 2.92. The van der Waals surface area contributed by atoms with Crippen LogP contribution >= 0.6 is 0 Å². The summed E-state index contributed by atoms with van der Waals surface area (Å²) < 4.78 is 10.4. The van der Waals surface area contributed by atoms with Crippen molar-refractivity contribution >= 4 is 11.8 Å². The minimum atomic E-state index is -0.0679. The molecule has 1 aliphatic heterocycles. The number of rotatable bonds is 7. The van der Waals surface area contributed by atoms with Gasteiger partial charge < -0.3 is 19.7 Å². The Morgan fingerprint density at radius 1 is 1.22 bits per heavy atom. The van der Waals surface area contributed by atoms with Gasteiger partial charge in [0.15, 0.2) is 11.5 Å². The van der Waals surface area contributed by atoms with E-state index in [4.69, 9.17) is 9.47 Å². The van der Waals surface area contributed by atoms with Crippen LogP contribution < -0.4 is 14.8 Å². The van der Waals surface area contributed by atoms with Crippen molar-refractivity contribution in [1.82, 2.24) is 10.2 Å². The highest BCUT2D eigenvalue weighted by molar-refractivity contribution is 5.79. The number of nitrogens with zero attached hydrogens (tertiary/aromatic N) is 1. The molecule has 2 rings (SSSR count).